The Kier molecular flexibility index (Phi) is 6.50. The van der Waals surface area contributed by atoms with Gasteiger partial charge in [-0.3, -0.25) is 10.1 Å². The molecule has 25 heavy (non-hydrogen) atoms. The van der Waals surface area contributed by atoms with Crippen molar-refractivity contribution >= 4 is 23.3 Å². The summed E-state index contributed by atoms with van der Waals surface area (Å²) in [5.74, 6) is 1.27. The molecule has 134 valence electrons. The highest BCUT2D eigenvalue weighted by Crippen LogP contribution is 2.28. The maximum Gasteiger partial charge on any atom is 0.347 e. The van der Waals surface area contributed by atoms with E-state index in [1.807, 2.05) is 18.2 Å². The molecule has 0 aliphatic heterocycles. The van der Waals surface area contributed by atoms with Crippen molar-refractivity contribution in [1.82, 2.24) is 5.06 Å². The van der Waals surface area contributed by atoms with Gasteiger partial charge in [-0.1, -0.05) is 17.7 Å². The number of benzene rings is 2. The third-order valence-electron chi connectivity index (χ3n) is 3.72. The molecule has 2 aromatic carbocycles. The SMILES string of the molecule is COc1ccc(CCN(C(=O)N(C)O)c2ccc(Cl)cc2)cc1OC. The second-order valence-corrected chi connectivity index (χ2v) is 5.81. The van der Waals surface area contributed by atoms with Gasteiger partial charge in [0.05, 0.1) is 14.2 Å². The number of methoxy groups -OCH3 is 2. The second-order valence-electron chi connectivity index (χ2n) is 5.37. The number of hydrogen-bond donors (Lipinski definition) is 1. The highest BCUT2D eigenvalue weighted by Gasteiger charge is 2.19. The number of halogens is 1. The summed E-state index contributed by atoms with van der Waals surface area (Å²) in [6.45, 7) is 0.376. The molecule has 0 saturated carbocycles. The van der Waals surface area contributed by atoms with Crippen molar-refractivity contribution in [3.63, 3.8) is 0 Å². The fourth-order valence-corrected chi connectivity index (χ4v) is 2.53. The van der Waals surface area contributed by atoms with Gasteiger partial charge in [-0.15, -0.1) is 0 Å². The minimum Gasteiger partial charge on any atom is -0.493 e. The lowest BCUT2D eigenvalue weighted by Gasteiger charge is -2.25. The van der Waals surface area contributed by atoms with Gasteiger partial charge in [0.15, 0.2) is 11.5 Å². The Hall–Kier alpha value is -2.44. The first-order valence-electron chi connectivity index (χ1n) is 7.67. The van der Waals surface area contributed by atoms with Crippen LogP contribution in [0.15, 0.2) is 42.5 Å². The van der Waals surface area contributed by atoms with Crippen LogP contribution in [0.2, 0.25) is 5.02 Å². The predicted octanol–water partition coefficient (Wildman–Crippen LogP) is 3.85. The fourth-order valence-electron chi connectivity index (χ4n) is 2.41. The fraction of sp³-hybridized carbons (Fsp3) is 0.278. The monoisotopic (exact) mass is 364 g/mol. The first kappa shape index (κ1) is 18.9. The van der Waals surface area contributed by atoms with E-state index in [0.717, 1.165) is 5.56 Å². The molecule has 0 aliphatic rings. The molecule has 0 spiro atoms. The summed E-state index contributed by atoms with van der Waals surface area (Å²) in [6, 6.07) is 11.9. The van der Waals surface area contributed by atoms with Crippen LogP contribution >= 0.6 is 11.6 Å². The van der Waals surface area contributed by atoms with E-state index in [4.69, 9.17) is 21.1 Å². The normalized spacial score (nSPS) is 10.3. The molecular formula is C18H21ClN2O4. The molecule has 0 heterocycles. The van der Waals surface area contributed by atoms with Gasteiger partial charge in [0.1, 0.15) is 0 Å². The molecule has 0 atom stereocenters. The Balaban J connectivity index is 2.20. The summed E-state index contributed by atoms with van der Waals surface area (Å²) in [7, 11) is 4.45. The second kappa shape index (κ2) is 8.60. The van der Waals surface area contributed by atoms with Crippen molar-refractivity contribution in [2.24, 2.45) is 0 Å². The standard InChI is InChI=1S/C18H21ClN2O4/c1-20(23)18(22)21(15-7-5-14(19)6-8-15)11-10-13-4-9-16(24-2)17(12-13)25-3/h4-9,12,23H,10-11H2,1-3H3. The van der Waals surface area contributed by atoms with Crippen LogP contribution in [0.25, 0.3) is 0 Å². The largest absolute Gasteiger partial charge is 0.493 e. The van der Waals surface area contributed by atoms with E-state index in [1.54, 1.807) is 38.5 Å². The highest BCUT2D eigenvalue weighted by molar-refractivity contribution is 6.30. The van der Waals surface area contributed by atoms with Crippen LogP contribution in [0.1, 0.15) is 5.56 Å². The van der Waals surface area contributed by atoms with Gasteiger partial charge in [-0.2, -0.15) is 0 Å². The van der Waals surface area contributed by atoms with Crippen molar-refractivity contribution in [3.05, 3.63) is 53.1 Å². The molecule has 2 amide bonds. The summed E-state index contributed by atoms with van der Waals surface area (Å²) in [5, 5.41) is 10.7. The predicted molar refractivity (Wildman–Crippen MR) is 97.0 cm³/mol. The average molecular weight is 365 g/mol. The van der Waals surface area contributed by atoms with E-state index in [1.165, 1.54) is 11.9 Å². The van der Waals surface area contributed by atoms with Gasteiger partial charge in [0.2, 0.25) is 0 Å². The maximum absolute atomic E-state index is 12.3. The zero-order chi connectivity index (χ0) is 18.4. The third kappa shape index (κ3) is 4.78. The lowest BCUT2D eigenvalue weighted by atomic mass is 10.1. The summed E-state index contributed by atoms with van der Waals surface area (Å²) < 4.78 is 10.5. The number of amides is 2. The van der Waals surface area contributed by atoms with Gasteiger partial charge in [-0.05, 0) is 48.4 Å². The summed E-state index contributed by atoms with van der Waals surface area (Å²) in [6.07, 6.45) is 0.572. The van der Waals surface area contributed by atoms with Gasteiger partial charge < -0.3 is 9.47 Å². The van der Waals surface area contributed by atoms with Crippen molar-refractivity contribution in [2.75, 3.05) is 32.7 Å². The van der Waals surface area contributed by atoms with Crippen molar-refractivity contribution in [2.45, 2.75) is 6.42 Å². The Morgan fingerprint density at radius 1 is 1.08 bits per heavy atom. The third-order valence-corrected chi connectivity index (χ3v) is 3.97. The van der Waals surface area contributed by atoms with E-state index in [9.17, 15) is 10.0 Å². The number of ether oxygens (including phenoxy) is 2. The Bertz CT molecular complexity index is 720. The topological polar surface area (TPSA) is 62.2 Å². The zero-order valence-corrected chi connectivity index (χ0v) is 15.2. The number of carbonyl (C=O) groups excluding carboxylic acids is 1. The van der Waals surface area contributed by atoms with Crippen LogP contribution < -0.4 is 14.4 Å². The Labute approximate surface area is 152 Å². The number of rotatable bonds is 6. The molecule has 0 aromatic heterocycles. The van der Waals surface area contributed by atoms with E-state index in [0.29, 0.717) is 40.2 Å². The van der Waals surface area contributed by atoms with E-state index < -0.39 is 6.03 Å². The summed E-state index contributed by atoms with van der Waals surface area (Å²) in [4.78, 5) is 13.8. The molecule has 2 aromatic rings. The molecule has 0 bridgehead atoms. The average Bonchev–Trinajstić information content (AvgIpc) is 2.62. The van der Waals surface area contributed by atoms with E-state index in [2.05, 4.69) is 0 Å². The molecule has 0 fully saturated rings. The van der Waals surface area contributed by atoms with Crippen LogP contribution in [-0.2, 0) is 6.42 Å². The molecule has 0 aliphatic carbocycles. The molecule has 2 rings (SSSR count). The lowest BCUT2D eigenvalue weighted by molar-refractivity contribution is -0.0150. The minimum absolute atomic E-state index is 0.376. The first-order valence-corrected chi connectivity index (χ1v) is 8.04. The first-order chi connectivity index (χ1) is 12.0. The smallest absolute Gasteiger partial charge is 0.347 e. The van der Waals surface area contributed by atoms with Gasteiger partial charge in [-0.25, -0.2) is 9.86 Å². The zero-order valence-electron chi connectivity index (χ0n) is 14.4. The molecule has 1 N–H and O–H groups in total. The van der Waals surface area contributed by atoms with Gasteiger partial charge in [0.25, 0.3) is 0 Å². The van der Waals surface area contributed by atoms with E-state index >= 15 is 0 Å². The maximum atomic E-state index is 12.3. The number of hydroxylamine groups is 2. The number of urea groups is 1. The lowest BCUT2D eigenvalue weighted by Crippen LogP contribution is -2.40. The summed E-state index contributed by atoms with van der Waals surface area (Å²) in [5.41, 5.74) is 1.63. The van der Waals surface area contributed by atoms with Crippen LogP contribution in [0, 0.1) is 0 Å². The molecule has 7 heteroatoms. The van der Waals surface area contributed by atoms with Crippen LogP contribution in [-0.4, -0.2) is 44.1 Å². The van der Waals surface area contributed by atoms with Gasteiger partial charge in [0, 0.05) is 24.3 Å². The van der Waals surface area contributed by atoms with Gasteiger partial charge >= 0.3 is 6.03 Å². The van der Waals surface area contributed by atoms with Crippen LogP contribution in [0.5, 0.6) is 11.5 Å². The minimum atomic E-state index is -0.525. The molecule has 6 nitrogen and oxygen atoms in total. The summed E-state index contributed by atoms with van der Waals surface area (Å²) >= 11 is 5.90. The molecule has 0 radical (unpaired) electrons. The van der Waals surface area contributed by atoms with Crippen LogP contribution in [0.4, 0.5) is 10.5 Å². The number of carbonyl (C=O) groups is 1. The number of nitrogens with zero attached hydrogens (tertiary/aromatic N) is 2. The molecule has 0 unspecified atom stereocenters. The molecule has 0 saturated heterocycles. The number of anilines is 1. The Morgan fingerprint density at radius 3 is 2.28 bits per heavy atom. The highest BCUT2D eigenvalue weighted by atomic mass is 35.5. The van der Waals surface area contributed by atoms with E-state index in [-0.39, 0.29) is 0 Å². The van der Waals surface area contributed by atoms with Crippen molar-refractivity contribution in [1.29, 1.82) is 0 Å². The Morgan fingerprint density at radius 2 is 1.72 bits per heavy atom. The quantitative estimate of drug-likeness (QED) is 0.624. The van der Waals surface area contributed by atoms with Crippen molar-refractivity contribution < 1.29 is 19.5 Å². The van der Waals surface area contributed by atoms with Crippen molar-refractivity contribution in [3.8, 4) is 11.5 Å². The van der Waals surface area contributed by atoms with Crippen LogP contribution in [0.3, 0.4) is 0 Å². The number of hydrogen-bond acceptors (Lipinski definition) is 4. The molecular weight excluding hydrogens is 344 g/mol.